The molecule has 0 aliphatic heterocycles. The molecule has 1 aromatic rings. The van der Waals surface area contributed by atoms with Crippen LogP contribution in [0.2, 0.25) is 0 Å². The summed E-state index contributed by atoms with van der Waals surface area (Å²) in [5.74, 6) is 0.168. The second-order valence-electron chi connectivity index (χ2n) is 2.89. The van der Waals surface area contributed by atoms with Crippen LogP contribution in [0.4, 0.5) is 4.39 Å². The van der Waals surface area contributed by atoms with Gasteiger partial charge in [-0.3, -0.25) is 0 Å². The first kappa shape index (κ1) is 11.4. The van der Waals surface area contributed by atoms with Gasteiger partial charge in [0.2, 0.25) is 0 Å². The Morgan fingerprint density at radius 2 is 2.21 bits per heavy atom. The van der Waals surface area contributed by atoms with Gasteiger partial charge in [0.05, 0.1) is 18.1 Å². The van der Waals surface area contributed by atoms with Crippen molar-refractivity contribution in [2.45, 2.75) is 6.54 Å². The lowest BCUT2D eigenvalue weighted by molar-refractivity contribution is -0.0735. The first-order chi connectivity index (χ1) is 6.54. The van der Waals surface area contributed by atoms with Crippen molar-refractivity contribution in [3.05, 3.63) is 28.0 Å². The first-order valence-corrected chi connectivity index (χ1v) is 4.76. The monoisotopic (exact) mass is 263 g/mol. The van der Waals surface area contributed by atoms with Crippen LogP contribution in [0.25, 0.3) is 0 Å². The van der Waals surface area contributed by atoms with E-state index in [9.17, 15) is 4.39 Å². The molecule has 0 radical (unpaired) electrons. The van der Waals surface area contributed by atoms with E-state index in [1.54, 1.807) is 0 Å². The van der Waals surface area contributed by atoms with E-state index >= 15 is 0 Å². The molecule has 0 aliphatic rings. The van der Waals surface area contributed by atoms with Crippen molar-refractivity contribution in [3.8, 4) is 5.75 Å². The molecule has 1 N–H and O–H groups in total. The summed E-state index contributed by atoms with van der Waals surface area (Å²) in [6, 6.07) is 2.86. The smallest absolute Gasteiger partial charge is 0.137 e. The lowest BCUT2D eigenvalue weighted by atomic mass is 10.2. The Bertz CT molecular complexity index is 331. The highest BCUT2D eigenvalue weighted by molar-refractivity contribution is 9.10. The van der Waals surface area contributed by atoms with E-state index in [0.717, 1.165) is 5.06 Å². The number of halogens is 2. The van der Waals surface area contributed by atoms with Gasteiger partial charge in [0, 0.05) is 12.6 Å². The maximum atomic E-state index is 13.1. The Labute approximate surface area is 90.2 Å². The number of benzene rings is 1. The number of hydroxylamine groups is 2. The fourth-order valence-electron chi connectivity index (χ4n) is 1.13. The van der Waals surface area contributed by atoms with Gasteiger partial charge in [-0.15, -0.1) is 0 Å². The van der Waals surface area contributed by atoms with Crippen molar-refractivity contribution in [2.75, 3.05) is 14.2 Å². The molecule has 0 heterocycles. The molecule has 0 unspecified atom stereocenters. The molecule has 0 amide bonds. The molecule has 0 atom stereocenters. The van der Waals surface area contributed by atoms with Crippen molar-refractivity contribution in [1.29, 1.82) is 0 Å². The van der Waals surface area contributed by atoms with Gasteiger partial charge >= 0.3 is 0 Å². The molecule has 1 rings (SSSR count). The van der Waals surface area contributed by atoms with Crippen LogP contribution < -0.4 is 4.74 Å². The van der Waals surface area contributed by atoms with Crippen LogP contribution in [0, 0.1) is 5.82 Å². The summed E-state index contributed by atoms with van der Waals surface area (Å²) in [5, 5.41) is 9.99. The number of hydrogen-bond donors (Lipinski definition) is 1. The molecule has 1 aromatic carbocycles. The van der Waals surface area contributed by atoms with E-state index in [4.69, 9.17) is 9.94 Å². The predicted molar refractivity (Wildman–Crippen MR) is 53.9 cm³/mol. The third-order valence-corrected chi connectivity index (χ3v) is 2.33. The quantitative estimate of drug-likeness (QED) is 0.851. The van der Waals surface area contributed by atoms with Gasteiger partial charge in [-0.1, -0.05) is 0 Å². The molecule has 0 saturated carbocycles. The SMILES string of the molecule is COc1cc(Br)c(F)cc1CN(C)O. The van der Waals surface area contributed by atoms with Gasteiger partial charge < -0.3 is 9.94 Å². The highest BCUT2D eigenvalue weighted by atomic mass is 79.9. The molecule has 3 nitrogen and oxygen atoms in total. The molecular formula is C9H11BrFNO2. The largest absolute Gasteiger partial charge is 0.496 e. The summed E-state index contributed by atoms with van der Waals surface area (Å²) in [4.78, 5) is 0. The second-order valence-corrected chi connectivity index (χ2v) is 3.75. The van der Waals surface area contributed by atoms with Crippen molar-refractivity contribution in [1.82, 2.24) is 5.06 Å². The van der Waals surface area contributed by atoms with E-state index < -0.39 is 0 Å². The molecular weight excluding hydrogens is 253 g/mol. The fourth-order valence-corrected chi connectivity index (χ4v) is 1.45. The zero-order valence-corrected chi connectivity index (χ0v) is 9.51. The summed E-state index contributed by atoms with van der Waals surface area (Å²) >= 11 is 3.06. The van der Waals surface area contributed by atoms with Gasteiger partial charge in [0.1, 0.15) is 11.6 Å². The van der Waals surface area contributed by atoms with Gasteiger partial charge in [-0.25, -0.2) is 4.39 Å². The van der Waals surface area contributed by atoms with Crippen molar-refractivity contribution < 1.29 is 14.3 Å². The molecule has 0 aromatic heterocycles. The summed E-state index contributed by atoms with van der Waals surface area (Å²) < 4.78 is 18.5. The Balaban J connectivity index is 3.07. The Morgan fingerprint density at radius 1 is 1.57 bits per heavy atom. The minimum atomic E-state index is -0.373. The summed E-state index contributed by atoms with van der Waals surface area (Å²) in [6.45, 7) is 0.216. The molecule has 0 saturated heterocycles. The first-order valence-electron chi connectivity index (χ1n) is 3.96. The standard InChI is InChI=1S/C9H11BrFNO2/c1-12(13)5-6-3-8(11)7(10)4-9(6)14-2/h3-4,13H,5H2,1-2H3. The lowest BCUT2D eigenvalue weighted by Gasteiger charge is -2.12. The van der Waals surface area contributed by atoms with E-state index in [-0.39, 0.29) is 12.4 Å². The molecule has 0 aliphatic carbocycles. The Hall–Kier alpha value is -0.650. The van der Waals surface area contributed by atoms with Crippen LogP contribution in [0.5, 0.6) is 5.75 Å². The van der Waals surface area contributed by atoms with E-state index in [1.165, 1.54) is 26.3 Å². The van der Waals surface area contributed by atoms with Gasteiger partial charge in [-0.2, -0.15) is 5.06 Å². The number of hydrogen-bond acceptors (Lipinski definition) is 3. The van der Waals surface area contributed by atoms with Crippen LogP contribution in [-0.2, 0) is 6.54 Å². The van der Waals surface area contributed by atoms with Crippen LogP contribution in [0.1, 0.15) is 5.56 Å². The molecule has 0 fully saturated rings. The summed E-state index contributed by atoms with van der Waals surface area (Å²) in [6.07, 6.45) is 0. The summed E-state index contributed by atoms with van der Waals surface area (Å²) in [5.41, 5.74) is 0.596. The fraction of sp³-hybridized carbons (Fsp3) is 0.333. The molecule has 0 bridgehead atoms. The number of rotatable bonds is 3. The Kier molecular flexibility index (Phi) is 3.86. The molecule has 78 valence electrons. The minimum Gasteiger partial charge on any atom is -0.496 e. The van der Waals surface area contributed by atoms with E-state index in [0.29, 0.717) is 15.8 Å². The van der Waals surface area contributed by atoms with Crippen LogP contribution in [0.15, 0.2) is 16.6 Å². The third kappa shape index (κ3) is 2.67. The molecule has 5 heteroatoms. The zero-order chi connectivity index (χ0) is 10.7. The van der Waals surface area contributed by atoms with E-state index in [1.807, 2.05) is 0 Å². The maximum Gasteiger partial charge on any atom is 0.137 e. The maximum absolute atomic E-state index is 13.1. The zero-order valence-electron chi connectivity index (χ0n) is 7.92. The average Bonchev–Trinajstić information content (AvgIpc) is 2.10. The van der Waals surface area contributed by atoms with Crippen LogP contribution in [-0.4, -0.2) is 24.4 Å². The highest BCUT2D eigenvalue weighted by Crippen LogP contribution is 2.27. The Morgan fingerprint density at radius 3 is 2.71 bits per heavy atom. The number of methoxy groups -OCH3 is 1. The average molecular weight is 264 g/mol. The number of ether oxygens (including phenoxy) is 1. The van der Waals surface area contributed by atoms with Crippen molar-refractivity contribution >= 4 is 15.9 Å². The third-order valence-electron chi connectivity index (χ3n) is 1.72. The summed E-state index contributed by atoms with van der Waals surface area (Å²) in [7, 11) is 2.99. The molecule has 0 spiro atoms. The van der Waals surface area contributed by atoms with Crippen molar-refractivity contribution in [2.24, 2.45) is 0 Å². The molecule has 14 heavy (non-hydrogen) atoms. The predicted octanol–water partition coefficient (Wildman–Crippen LogP) is 2.42. The lowest BCUT2D eigenvalue weighted by Crippen LogP contribution is -2.12. The van der Waals surface area contributed by atoms with Gasteiger partial charge in [0.15, 0.2) is 0 Å². The highest BCUT2D eigenvalue weighted by Gasteiger charge is 2.09. The van der Waals surface area contributed by atoms with E-state index in [2.05, 4.69) is 15.9 Å². The minimum absolute atomic E-state index is 0.216. The van der Waals surface area contributed by atoms with Crippen LogP contribution in [0.3, 0.4) is 0 Å². The normalized spacial score (nSPS) is 10.7. The number of nitrogens with zero attached hydrogens (tertiary/aromatic N) is 1. The van der Waals surface area contributed by atoms with Crippen molar-refractivity contribution in [3.63, 3.8) is 0 Å². The van der Waals surface area contributed by atoms with Crippen LogP contribution >= 0.6 is 15.9 Å². The van der Waals surface area contributed by atoms with Gasteiger partial charge in [-0.05, 0) is 28.1 Å². The topological polar surface area (TPSA) is 32.7 Å². The second kappa shape index (κ2) is 4.72. The van der Waals surface area contributed by atoms with Gasteiger partial charge in [0.25, 0.3) is 0 Å².